The van der Waals surface area contributed by atoms with Gasteiger partial charge >= 0.3 is 0 Å². The standard InChI is InChI=1S/C16H13ClN2OS2/c1-10-5-7-12(17)15-14(10)19(2)16(22-15)18-13(20)8-6-11-4-3-9-21-11/h3-9H,1-2H3. The van der Waals surface area contributed by atoms with E-state index in [4.69, 9.17) is 11.6 Å². The lowest BCUT2D eigenvalue weighted by Crippen LogP contribution is -2.12. The molecule has 1 aromatic carbocycles. The van der Waals surface area contributed by atoms with Gasteiger partial charge in [-0.2, -0.15) is 4.99 Å². The van der Waals surface area contributed by atoms with E-state index < -0.39 is 0 Å². The molecule has 22 heavy (non-hydrogen) atoms. The Morgan fingerprint density at radius 3 is 2.86 bits per heavy atom. The summed E-state index contributed by atoms with van der Waals surface area (Å²) in [5.74, 6) is -0.274. The molecule has 1 amide bonds. The minimum atomic E-state index is -0.274. The summed E-state index contributed by atoms with van der Waals surface area (Å²) in [4.78, 5) is 17.9. The Morgan fingerprint density at radius 1 is 1.36 bits per heavy atom. The van der Waals surface area contributed by atoms with Gasteiger partial charge < -0.3 is 4.57 Å². The van der Waals surface area contributed by atoms with Crippen molar-refractivity contribution in [1.82, 2.24) is 4.57 Å². The Hall–Kier alpha value is -1.69. The molecule has 2 heterocycles. The van der Waals surface area contributed by atoms with Crippen molar-refractivity contribution in [2.45, 2.75) is 6.92 Å². The van der Waals surface area contributed by atoms with Crippen molar-refractivity contribution in [2.75, 3.05) is 0 Å². The highest BCUT2D eigenvalue weighted by Crippen LogP contribution is 2.28. The molecule has 0 saturated carbocycles. The van der Waals surface area contributed by atoms with Crippen LogP contribution in [0.15, 0.2) is 40.7 Å². The average molecular weight is 349 g/mol. The van der Waals surface area contributed by atoms with Crippen LogP contribution < -0.4 is 4.80 Å². The molecular formula is C16H13ClN2OS2. The van der Waals surface area contributed by atoms with Crippen LogP contribution in [0.25, 0.3) is 16.3 Å². The number of benzene rings is 1. The van der Waals surface area contributed by atoms with E-state index in [9.17, 15) is 4.79 Å². The number of hydrogen-bond acceptors (Lipinski definition) is 3. The van der Waals surface area contributed by atoms with Crippen molar-refractivity contribution in [3.8, 4) is 0 Å². The van der Waals surface area contributed by atoms with Crippen molar-refractivity contribution in [1.29, 1.82) is 0 Å². The largest absolute Gasteiger partial charge is 0.319 e. The topological polar surface area (TPSA) is 34.4 Å². The van der Waals surface area contributed by atoms with Gasteiger partial charge in [0.25, 0.3) is 5.91 Å². The zero-order valence-electron chi connectivity index (χ0n) is 12.0. The second kappa shape index (κ2) is 6.20. The fourth-order valence-electron chi connectivity index (χ4n) is 2.18. The molecule has 0 saturated heterocycles. The Kier molecular flexibility index (Phi) is 4.29. The van der Waals surface area contributed by atoms with Crippen LogP contribution in [0.3, 0.4) is 0 Å². The number of aryl methyl sites for hydroxylation is 2. The van der Waals surface area contributed by atoms with E-state index >= 15 is 0 Å². The molecule has 3 rings (SSSR count). The molecule has 3 aromatic rings. The van der Waals surface area contributed by atoms with Crippen LogP contribution in [0, 0.1) is 6.92 Å². The lowest BCUT2D eigenvalue weighted by molar-refractivity contribution is -0.113. The van der Waals surface area contributed by atoms with Crippen LogP contribution in [-0.2, 0) is 11.8 Å². The van der Waals surface area contributed by atoms with E-state index in [1.807, 2.05) is 48.2 Å². The predicted octanol–water partition coefficient (Wildman–Crippen LogP) is 4.40. The number of aromatic nitrogens is 1. The maximum Gasteiger partial charge on any atom is 0.272 e. The van der Waals surface area contributed by atoms with Gasteiger partial charge in [0, 0.05) is 18.0 Å². The number of hydrogen-bond donors (Lipinski definition) is 0. The molecule has 6 heteroatoms. The van der Waals surface area contributed by atoms with Crippen molar-refractivity contribution in [3.05, 3.63) is 56.0 Å². The van der Waals surface area contributed by atoms with Gasteiger partial charge in [-0.3, -0.25) is 4.79 Å². The highest BCUT2D eigenvalue weighted by molar-refractivity contribution is 7.17. The summed E-state index contributed by atoms with van der Waals surface area (Å²) in [5, 5.41) is 2.65. The van der Waals surface area contributed by atoms with Crippen molar-refractivity contribution in [2.24, 2.45) is 12.0 Å². The maximum atomic E-state index is 12.0. The maximum absolute atomic E-state index is 12.0. The third-order valence-electron chi connectivity index (χ3n) is 3.24. The van der Waals surface area contributed by atoms with E-state index in [0.29, 0.717) is 9.82 Å². The normalized spacial score (nSPS) is 12.6. The van der Waals surface area contributed by atoms with Crippen LogP contribution >= 0.6 is 34.3 Å². The molecular weight excluding hydrogens is 336 g/mol. The second-order valence-electron chi connectivity index (χ2n) is 4.78. The first-order valence-corrected chi connectivity index (χ1v) is 8.68. The third kappa shape index (κ3) is 2.92. The van der Waals surface area contributed by atoms with E-state index in [0.717, 1.165) is 20.7 Å². The number of nitrogens with zero attached hydrogens (tertiary/aromatic N) is 2. The fourth-order valence-corrected chi connectivity index (χ4v) is 4.18. The summed E-state index contributed by atoms with van der Waals surface area (Å²) in [7, 11) is 1.90. The summed E-state index contributed by atoms with van der Waals surface area (Å²) in [6.45, 7) is 2.02. The van der Waals surface area contributed by atoms with Crippen molar-refractivity contribution in [3.63, 3.8) is 0 Å². The predicted molar refractivity (Wildman–Crippen MR) is 94.5 cm³/mol. The number of fused-ring (bicyclic) bond motifs is 1. The van der Waals surface area contributed by atoms with Crippen LogP contribution in [0.5, 0.6) is 0 Å². The average Bonchev–Trinajstić information content (AvgIpc) is 3.11. The summed E-state index contributed by atoms with van der Waals surface area (Å²) >= 11 is 9.25. The Labute approximate surface area is 140 Å². The molecule has 0 N–H and O–H groups in total. The molecule has 0 atom stereocenters. The molecule has 3 nitrogen and oxygen atoms in total. The highest BCUT2D eigenvalue weighted by Gasteiger charge is 2.09. The first kappa shape index (κ1) is 15.2. The van der Waals surface area contributed by atoms with Gasteiger partial charge in [0.15, 0.2) is 4.80 Å². The molecule has 0 spiro atoms. The van der Waals surface area contributed by atoms with Gasteiger partial charge in [-0.15, -0.1) is 11.3 Å². The van der Waals surface area contributed by atoms with Crippen molar-refractivity contribution < 1.29 is 4.79 Å². The van der Waals surface area contributed by atoms with E-state index in [-0.39, 0.29) is 5.91 Å². The molecule has 112 valence electrons. The monoisotopic (exact) mass is 348 g/mol. The number of carbonyl (C=O) groups excluding carboxylic acids is 1. The number of rotatable bonds is 2. The molecule has 0 fully saturated rings. The molecule has 0 bridgehead atoms. The summed E-state index contributed by atoms with van der Waals surface area (Å²) in [5.41, 5.74) is 2.13. The summed E-state index contributed by atoms with van der Waals surface area (Å²) < 4.78 is 2.87. The number of halogens is 1. The van der Waals surface area contributed by atoms with Gasteiger partial charge in [0.2, 0.25) is 0 Å². The SMILES string of the molecule is Cc1ccc(Cl)c2sc(=NC(=O)C=Cc3cccs3)n(C)c12. The minimum absolute atomic E-state index is 0.274. The van der Waals surface area contributed by atoms with Crippen LogP contribution in [0.4, 0.5) is 0 Å². The second-order valence-corrected chi connectivity index (χ2v) is 7.15. The van der Waals surface area contributed by atoms with E-state index in [2.05, 4.69) is 4.99 Å². The quantitative estimate of drug-likeness (QED) is 0.632. The number of thiazole rings is 1. The Balaban J connectivity index is 2.03. The lowest BCUT2D eigenvalue weighted by atomic mass is 10.2. The molecule has 0 aliphatic rings. The molecule has 0 radical (unpaired) electrons. The highest BCUT2D eigenvalue weighted by atomic mass is 35.5. The zero-order chi connectivity index (χ0) is 15.7. The number of carbonyl (C=O) groups is 1. The first-order valence-electron chi connectivity index (χ1n) is 6.61. The van der Waals surface area contributed by atoms with Crippen LogP contribution in [0.1, 0.15) is 10.4 Å². The smallest absolute Gasteiger partial charge is 0.272 e. The fraction of sp³-hybridized carbons (Fsp3) is 0.125. The van der Waals surface area contributed by atoms with E-state index in [1.54, 1.807) is 17.4 Å². The lowest BCUT2D eigenvalue weighted by Gasteiger charge is -2.00. The van der Waals surface area contributed by atoms with Crippen molar-refractivity contribution >= 4 is 56.5 Å². The van der Waals surface area contributed by atoms with Crippen LogP contribution in [0.2, 0.25) is 5.02 Å². The van der Waals surface area contributed by atoms with Gasteiger partial charge in [-0.1, -0.05) is 35.1 Å². The molecule has 0 aliphatic heterocycles. The van der Waals surface area contributed by atoms with E-state index in [1.165, 1.54) is 17.4 Å². The van der Waals surface area contributed by atoms with Crippen LogP contribution in [-0.4, -0.2) is 10.5 Å². The molecule has 2 aromatic heterocycles. The molecule has 0 unspecified atom stereocenters. The van der Waals surface area contributed by atoms with Gasteiger partial charge in [0.1, 0.15) is 0 Å². The summed E-state index contributed by atoms with van der Waals surface area (Å²) in [6.07, 6.45) is 3.27. The van der Waals surface area contributed by atoms with Gasteiger partial charge in [-0.05, 0) is 36.1 Å². The minimum Gasteiger partial charge on any atom is -0.319 e. The Bertz CT molecular complexity index is 933. The third-order valence-corrected chi connectivity index (χ3v) is 5.67. The Morgan fingerprint density at radius 2 is 2.18 bits per heavy atom. The number of thiophene rings is 1. The molecule has 0 aliphatic carbocycles. The van der Waals surface area contributed by atoms with Gasteiger partial charge in [0.05, 0.1) is 15.2 Å². The van der Waals surface area contributed by atoms with Gasteiger partial charge in [-0.25, -0.2) is 0 Å². The number of amides is 1. The first-order chi connectivity index (χ1) is 10.6. The zero-order valence-corrected chi connectivity index (χ0v) is 14.4. The summed E-state index contributed by atoms with van der Waals surface area (Å²) in [6, 6.07) is 7.75.